The molecule has 0 atom stereocenters. The fraction of sp³-hybridized carbons (Fsp3) is 0.0870. The number of aryl methyl sites for hydroxylation is 1. The van der Waals surface area contributed by atoms with Gasteiger partial charge >= 0.3 is 6.03 Å². The molecule has 0 bridgehead atoms. The zero-order chi connectivity index (χ0) is 22.3. The SMILES string of the molecule is Cc1cc(/C=C2/C(=O)NC(=O)N(c3ccc(F)cc3)C2=O)c(C)n1-c1cccc(Cl)c1. The standard InChI is InChI=1S/C23H17ClFN3O3/c1-13-10-15(14(2)27(13)19-5-3-4-16(24)12-19)11-20-21(29)26-23(31)28(22(20)30)18-8-6-17(25)7-9-18/h3-12H,1-2H3,(H,26,29,31)/b20-11-. The summed E-state index contributed by atoms with van der Waals surface area (Å²) in [7, 11) is 0. The molecular weight excluding hydrogens is 421 g/mol. The molecule has 1 aromatic heterocycles. The maximum absolute atomic E-state index is 13.2. The molecule has 156 valence electrons. The second-order valence-electron chi connectivity index (χ2n) is 7.08. The largest absolute Gasteiger partial charge is 0.335 e. The first-order valence-electron chi connectivity index (χ1n) is 9.38. The maximum atomic E-state index is 13.2. The van der Waals surface area contributed by atoms with E-state index in [1.54, 1.807) is 6.07 Å². The molecular formula is C23H17ClFN3O3. The summed E-state index contributed by atoms with van der Waals surface area (Å²) in [6, 6.07) is 13.1. The molecule has 0 spiro atoms. The fourth-order valence-electron chi connectivity index (χ4n) is 3.58. The molecule has 1 aliphatic heterocycles. The summed E-state index contributed by atoms with van der Waals surface area (Å²) in [5, 5.41) is 2.75. The number of amides is 4. The van der Waals surface area contributed by atoms with Crippen molar-refractivity contribution in [2.75, 3.05) is 4.90 Å². The molecule has 1 N–H and O–H groups in total. The van der Waals surface area contributed by atoms with Crippen LogP contribution >= 0.6 is 11.6 Å². The van der Waals surface area contributed by atoms with Crippen LogP contribution in [0.1, 0.15) is 17.0 Å². The maximum Gasteiger partial charge on any atom is 0.335 e. The fourth-order valence-corrected chi connectivity index (χ4v) is 3.77. The third-order valence-corrected chi connectivity index (χ3v) is 5.26. The van der Waals surface area contributed by atoms with Crippen molar-refractivity contribution in [2.45, 2.75) is 13.8 Å². The van der Waals surface area contributed by atoms with Crippen molar-refractivity contribution in [3.63, 3.8) is 0 Å². The Morgan fingerprint density at radius 1 is 0.968 bits per heavy atom. The van der Waals surface area contributed by atoms with E-state index in [4.69, 9.17) is 11.6 Å². The molecule has 1 fully saturated rings. The van der Waals surface area contributed by atoms with E-state index < -0.39 is 23.7 Å². The molecule has 0 saturated carbocycles. The van der Waals surface area contributed by atoms with Gasteiger partial charge in [-0.3, -0.25) is 14.9 Å². The molecule has 6 nitrogen and oxygen atoms in total. The summed E-state index contributed by atoms with van der Waals surface area (Å²) in [4.78, 5) is 38.5. The van der Waals surface area contributed by atoms with Gasteiger partial charge < -0.3 is 4.57 Å². The summed E-state index contributed by atoms with van der Waals surface area (Å²) in [5.74, 6) is -2.08. The molecule has 8 heteroatoms. The number of aromatic nitrogens is 1. The first kappa shape index (κ1) is 20.6. The van der Waals surface area contributed by atoms with E-state index in [2.05, 4.69) is 5.32 Å². The van der Waals surface area contributed by atoms with Crippen LogP contribution in [0.15, 0.2) is 60.2 Å². The summed E-state index contributed by atoms with van der Waals surface area (Å²) in [5.41, 5.74) is 3.11. The number of hydrogen-bond donors (Lipinski definition) is 1. The molecule has 0 radical (unpaired) electrons. The van der Waals surface area contributed by atoms with Crippen molar-refractivity contribution in [1.29, 1.82) is 0 Å². The predicted molar refractivity (Wildman–Crippen MR) is 116 cm³/mol. The molecule has 0 aliphatic carbocycles. The van der Waals surface area contributed by atoms with Gasteiger partial charge in [0.05, 0.1) is 5.69 Å². The molecule has 4 rings (SSSR count). The Labute approximate surface area is 182 Å². The number of rotatable bonds is 3. The number of carbonyl (C=O) groups excluding carboxylic acids is 3. The lowest BCUT2D eigenvalue weighted by Crippen LogP contribution is -2.54. The minimum absolute atomic E-state index is 0.159. The van der Waals surface area contributed by atoms with E-state index in [9.17, 15) is 18.8 Å². The normalized spacial score (nSPS) is 15.5. The van der Waals surface area contributed by atoms with E-state index in [-0.39, 0.29) is 11.3 Å². The van der Waals surface area contributed by atoms with Gasteiger partial charge in [-0.05, 0) is 74.0 Å². The van der Waals surface area contributed by atoms with Crippen LogP contribution in [-0.2, 0) is 9.59 Å². The molecule has 1 saturated heterocycles. The van der Waals surface area contributed by atoms with Crippen molar-refractivity contribution < 1.29 is 18.8 Å². The van der Waals surface area contributed by atoms with Gasteiger partial charge in [0, 0.05) is 22.1 Å². The second kappa shape index (κ2) is 7.85. The number of barbiturate groups is 1. The molecule has 1 aliphatic rings. The monoisotopic (exact) mass is 437 g/mol. The average molecular weight is 438 g/mol. The van der Waals surface area contributed by atoms with E-state index in [0.29, 0.717) is 10.6 Å². The van der Waals surface area contributed by atoms with Crippen LogP contribution in [0.4, 0.5) is 14.9 Å². The van der Waals surface area contributed by atoms with E-state index in [1.165, 1.54) is 18.2 Å². The summed E-state index contributed by atoms with van der Waals surface area (Å²) in [6.07, 6.45) is 1.45. The zero-order valence-corrected chi connectivity index (χ0v) is 17.4. The molecule has 0 unspecified atom stereocenters. The van der Waals surface area contributed by atoms with Gasteiger partial charge in [0.2, 0.25) is 0 Å². The Morgan fingerprint density at radius 2 is 1.68 bits per heavy atom. The third kappa shape index (κ3) is 3.75. The average Bonchev–Trinajstić information content (AvgIpc) is 2.99. The lowest BCUT2D eigenvalue weighted by molar-refractivity contribution is -0.122. The van der Waals surface area contributed by atoms with Crippen LogP contribution < -0.4 is 10.2 Å². The van der Waals surface area contributed by atoms with Gasteiger partial charge in [-0.25, -0.2) is 14.1 Å². The van der Waals surface area contributed by atoms with E-state index in [1.807, 2.05) is 42.7 Å². The van der Waals surface area contributed by atoms with Gasteiger partial charge in [0.25, 0.3) is 11.8 Å². The molecule has 2 aromatic carbocycles. The molecule has 31 heavy (non-hydrogen) atoms. The Bertz CT molecular complexity index is 1260. The van der Waals surface area contributed by atoms with Crippen LogP contribution in [0.5, 0.6) is 0 Å². The van der Waals surface area contributed by atoms with Crippen LogP contribution in [0.2, 0.25) is 5.02 Å². The lowest BCUT2D eigenvalue weighted by atomic mass is 10.1. The number of benzene rings is 2. The van der Waals surface area contributed by atoms with Gasteiger partial charge in [-0.2, -0.15) is 0 Å². The number of nitrogens with one attached hydrogen (secondary N) is 1. The minimum atomic E-state index is -0.886. The zero-order valence-electron chi connectivity index (χ0n) is 16.6. The second-order valence-corrected chi connectivity index (χ2v) is 7.51. The van der Waals surface area contributed by atoms with Crippen LogP contribution in [0.25, 0.3) is 11.8 Å². The summed E-state index contributed by atoms with van der Waals surface area (Å²) in [6.45, 7) is 3.75. The number of nitrogens with zero attached hydrogens (tertiary/aromatic N) is 2. The van der Waals surface area contributed by atoms with Crippen molar-refractivity contribution in [3.8, 4) is 5.69 Å². The Hall–Kier alpha value is -3.71. The van der Waals surface area contributed by atoms with Crippen molar-refractivity contribution >= 4 is 41.2 Å². The highest BCUT2D eigenvalue weighted by molar-refractivity contribution is 6.39. The van der Waals surface area contributed by atoms with Gasteiger partial charge in [0.1, 0.15) is 11.4 Å². The van der Waals surface area contributed by atoms with Crippen LogP contribution in [0, 0.1) is 19.7 Å². The number of imide groups is 2. The first-order chi connectivity index (χ1) is 14.8. The Balaban J connectivity index is 1.76. The Morgan fingerprint density at radius 3 is 2.35 bits per heavy atom. The van der Waals surface area contributed by atoms with Crippen molar-refractivity contribution in [3.05, 3.63) is 88.0 Å². The van der Waals surface area contributed by atoms with E-state index >= 15 is 0 Å². The van der Waals surface area contributed by atoms with Gasteiger partial charge in [0.15, 0.2) is 0 Å². The first-order valence-corrected chi connectivity index (χ1v) is 9.76. The van der Waals surface area contributed by atoms with E-state index in [0.717, 1.165) is 34.1 Å². The topological polar surface area (TPSA) is 71.4 Å². The minimum Gasteiger partial charge on any atom is -0.318 e. The molecule has 3 aromatic rings. The van der Waals surface area contributed by atoms with Gasteiger partial charge in [-0.15, -0.1) is 0 Å². The number of halogens is 2. The highest BCUT2D eigenvalue weighted by Crippen LogP contribution is 2.27. The number of anilines is 1. The third-order valence-electron chi connectivity index (χ3n) is 5.02. The summed E-state index contributed by atoms with van der Waals surface area (Å²) >= 11 is 6.11. The molecule has 4 amide bonds. The Kier molecular flexibility index (Phi) is 5.20. The number of carbonyl (C=O) groups is 3. The lowest BCUT2D eigenvalue weighted by Gasteiger charge is -2.26. The highest BCUT2D eigenvalue weighted by atomic mass is 35.5. The number of urea groups is 1. The summed E-state index contributed by atoms with van der Waals surface area (Å²) < 4.78 is 15.2. The smallest absolute Gasteiger partial charge is 0.318 e. The van der Waals surface area contributed by atoms with Crippen molar-refractivity contribution in [1.82, 2.24) is 9.88 Å². The van der Waals surface area contributed by atoms with Crippen molar-refractivity contribution in [2.24, 2.45) is 0 Å². The number of hydrogen-bond acceptors (Lipinski definition) is 3. The predicted octanol–water partition coefficient (Wildman–Crippen LogP) is 4.55. The molecule has 2 heterocycles. The highest BCUT2D eigenvalue weighted by Gasteiger charge is 2.37. The van der Waals surface area contributed by atoms with Crippen LogP contribution in [-0.4, -0.2) is 22.4 Å². The van der Waals surface area contributed by atoms with Gasteiger partial charge in [-0.1, -0.05) is 17.7 Å². The van der Waals surface area contributed by atoms with Crippen LogP contribution in [0.3, 0.4) is 0 Å². The quantitative estimate of drug-likeness (QED) is 0.482.